The SMILES string of the molecule is N#Cc1cc(N)ccc1N1CCOCC1CO. The van der Waals surface area contributed by atoms with Crippen LogP contribution in [-0.2, 0) is 4.74 Å². The maximum Gasteiger partial charge on any atom is 0.101 e. The Balaban J connectivity index is 2.35. The van der Waals surface area contributed by atoms with E-state index in [-0.39, 0.29) is 12.6 Å². The van der Waals surface area contributed by atoms with Gasteiger partial charge in [0, 0.05) is 12.2 Å². The number of rotatable bonds is 2. The quantitative estimate of drug-likeness (QED) is 0.720. The Bertz CT molecular complexity index is 442. The molecule has 1 atom stereocenters. The number of nitriles is 1. The van der Waals surface area contributed by atoms with Crippen LogP contribution < -0.4 is 10.6 Å². The van der Waals surface area contributed by atoms with E-state index in [4.69, 9.17) is 15.7 Å². The smallest absolute Gasteiger partial charge is 0.101 e. The minimum Gasteiger partial charge on any atom is -0.399 e. The van der Waals surface area contributed by atoms with Gasteiger partial charge in [0.05, 0.1) is 37.1 Å². The highest BCUT2D eigenvalue weighted by Crippen LogP contribution is 2.25. The zero-order valence-electron chi connectivity index (χ0n) is 9.47. The van der Waals surface area contributed by atoms with Gasteiger partial charge in [0.1, 0.15) is 6.07 Å². The minimum atomic E-state index is -0.0977. The molecule has 0 bridgehead atoms. The van der Waals surface area contributed by atoms with E-state index in [1.165, 1.54) is 0 Å². The summed E-state index contributed by atoms with van der Waals surface area (Å²) >= 11 is 0. The number of ether oxygens (including phenoxy) is 1. The molecular weight excluding hydrogens is 218 g/mol. The van der Waals surface area contributed by atoms with Crippen LogP contribution in [0.5, 0.6) is 0 Å². The molecule has 2 rings (SSSR count). The van der Waals surface area contributed by atoms with E-state index in [0.717, 1.165) is 5.69 Å². The fraction of sp³-hybridized carbons (Fsp3) is 0.417. The summed E-state index contributed by atoms with van der Waals surface area (Å²) in [4.78, 5) is 2.00. The number of morpholine rings is 1. The van der Waals surface area contributed by atoms with Crippen LogP contribution in [0.2, 0.25) is 0 Å². The molecule has 5 heteroatoms. The lowest BCUT2D eigenvalue weighted by Gasteiger charge is -2.36. The average Bonchev–Trinajstić information content (AvgIpc) is 2.38. The van der Waals surface area contributed by atoms with Gasteiger partial charge in [0.15, 0.2) is 0 Å². The topological polar surface area (TPSA) is 82.5 Å². The monoisotopic (exact) mass is 233 g/mol. The Morgan fingerprint density at radius 3 is 3.12 bits per heavy atom. The fourth-order valence-corrected chi connectivity index (χ4v) is 2.02. The van der Waals surface area contributed by atoms with Gasteiger partial charge in [0.2, 0.25) is 0 Å². The van der Waals surface area contributed by atoms with Gasteiger partial charge in [0.25, 0.3) is 0 Å². The van der Waals surface area contributed by atoms with Crippen LogP contribution >= 0.6 is 0 Å². The molecule has 3 N–H and O–H groups in total. The summed E-state index contributed by atoms with van der Waals surface area (Å²) < 4.78 is 5.31. The highest BCUT2D eigenvalue weighted by atomic mass is 16.5. The van der Waals surface area contributed by atoms with Gasteiger partial charge in [-0.05, 0) is 18.2 Å². The third kappa shape index (κ3) is 2.33. The van der Waals surface area contributed by atoms with Crippen molar-refractivity contribution in [1.82, 2.24) is 0 Å². The van der Waals surface area contributed by atoms with Crippen LogP contribution in [0.4, 0.5) is 11.4 Å². The molecule has 0 saturated carbocycles. The van der Waals surface area contributed by atoms with Crippen molar-refractivity contribution in [3.8, 4) is 6.07 Å². The fourth-order valence-electron chi connectivity index (χ4n) is 2.02. The molecule has 5 nitrogen and oxygen atoms in total. The first-order valence-electron chi connectivity index (χ1n) is 5.51. The number of aliphatic hydroxyl groups excluding tert-OH is 1. The molecule has 0 aromatic heterocycles. The number of anilines is 2. The maximum absolute atomic E-state index is 9.31. The van der Waals surface area contributed by atoms with Crippen LogP contribution in [0.15, 0.2) is 18.2 Å². The van der Waals surface area contributed by atoms with Crippen molar-refractivity contribution in [2.75, 3.05) is 37.0 Å². The van der Waals surface area contributed by atoms with Gasteiger partial charge in [-0.1, -0.05) is 0 Å². The summed E-state index contributed by atoms with van der Waals surface area (Å²) in [6.07, 6.45) is 0. The molecule has 17 heavy (non-hydrogen) atoms. The lowest BCUT2D eigenvalue weighted by Crippen LogP contribution is -2.48. The summed E-state index contributed by atoms with van der Waals surface area (Å²) in [6, 6.07) is 7.27. The molecule has 1 aromatic rings. The van der Waals surface area contributed by atoms with E-state index in [1.807, 2.05) is 11.0 Å². The molecule has 1 unspecified atom stereocenters. The normalized spacial score (nSPS) is 20.0. The molecule has 1 aliphatic heterocycles. The van der Waals surface area contributed by atoms with E-state index < -0.39 is 0 Å². The Morgan fingerprint density at radius 2 is 2.41 bits per heavy atom. The molecule has 0 radical (unpaired) electrons. The predicted octanol–water partition coefficient (Wildman–Crippen LogP) is 0.338. The summed E-state index contributed by atoms with van der Waals surface area (Å²) in [6.45, 7) is 1.76. The van der Waals surface area contributed by atoms with E-state index in [1.54, 1.807) is 12.1 Å². The van der Waals surface area contributed by atoms with E-state index >= 15 is 0 Å². The third-order valence-corrected chi connectivity index (χ3v) is 2.89. The van der Waals surface area contributed by atoms with Crippen LogP contribution in [0.1, 0.15) is 5.56 Å². The summed E-state index contributed by atoms with van der Waals surface area (Å²) in [7, 11) is 0. The Kier molecular flexibility index (Phi) is 3.47. The molecule has 0 spiro atoms. The molecule has 1 fully saturated rings. The number of benzene rings is 1. The van der Waals surface area contributed by atoms with E-state index in [9.17, 15) is 5.11 Å². The molecule has 1 aliphatic rings. The highest BCUT2D eigenvalue weighted by molar-refractivity contribution is 5.65. The van der Waals surface area contributed by atoms with E-state index in [0.29, 0.717) is 31.0 Å². The molecule has 1 heterocycles. The van der Waals surface area contributed by atoms with Gasteiger partial charge in [-0.25, -0.2) is 0 Å². The van der Waals surface area contributed by atoms with Gasteiger partial charge >= 0.3 is 0 Å². The molecular formula is C12H15N3O2. The second kappa shape index (κ2) is 5.04. The van der Waals surface area contributed by atoms with Gasteiger partial charge in [-0.3, -0.25) is 0 Å². The summed E-state index contributed by atoms with van der Waals surface area (Å²) in [5, 5.41) is 18.4. The van der Waals surface area contributed by atoms with Crippen LogP contribution in [0, 0.1) is 11.3 Å². The van der Waals surface area contributed by atoms with Gasteiger partial charge in [-0.15, -0.1) is 0 Å². The Hall–Kier alpha value is -1.77. The van der Waals surface area contributed by atoms with Crippen molar-refractivity contribution in [2.45, 2.75) is 6.04 Å². The largest absolute Gasteiger partial charge is 0.399 e. The first-order valence-corrected chi connectivity index (χ1v) is 5.51. The van der Waals surface area contributed by atoms with Crippen molar-refractivity contribution < 1.29 is 9.84 Å². The molecule has 0 amide bonds. The lowest BCUT2D eigenvalue weighted by atomic mass is 10.1. The van der Waals surface area contributed by atoms with Crippen molar-refractivity contribution in [3.05, 3.63) is 23.8 Å². The number of aliphatic hydroxyl groups is 1. The van der Waals surface area contributed by atoms with Crippen molar-refractivity contribution in [2.24, 2.45) is 0 Å². The zero-order chi connectivity index (χ0) is 12.3. The first-order chi connectivity index (χ1) is 8.26. The molecule has 90 valence electrons. The molecule has 0 aliphatic carbocycles. The predicted molar refractivity (Wildman–Crippen MR) is 64.6 cm³/mol. The second-order valence-corrected chi connectivity index (χ2v) is 3.99. The number of nitrogens with zero attached hydrogens (tertiary/aromatic N) is 2. The molecule has 1 saturated heterocycles. The van der Waals surface area contributed by atoms with Crippen molar-refractivity contribution >= 4 is 11.4 Å². The standard InChI is InChI=1S/C12H15N3O2/c13-6-9-5-10(14)1-2-12(9)15-3-4-17-8-11(15)7-16/h1-2,5,11,16H,3-4,7-8,14H2. The number of hydrogen-bond donors (Lipinski definition) is 2. The first kappa shape index (κ1) is 11.7. The number of nitrogen functional groups attached to an aromatic ring is 1. The molecule has 1 aromatic carbocycles. The number of hydrogen-bond acceptors (Lipinski definition) is 5. The van der Waals surface area contributed by atoms with Crippen LogP contribution in [0.3, 0.4) is 0 Å². The zero-order valence-corrected chi connectivity index (χ0v) is 9.47. The second-order valence-electron chi connectivity index (χ2n) is 3.99. The van der Waals surface area contributed by atoms with Crippen LogP contribution in [0.25, 0.3) is 0 Å². The third-order valence-electron chi connectivity index (χ3n) is 2.89. The Morgan fingerprint density at radius 1 is 1.59 bits per heavy atom. The van der Waals surface area contributed by atoms with Crippen molar-refractivity contribution in [3.63, 3.8) is 0 Å². The highest BCUT2D eigenvalue weighted by Gasteiger charge is 2.24. The van der Waals surface area contributed by atoms with Crippen LogP contribution in [-0.4, -0.2) is 37.5 Å². The minimum absolute atomic E-state index is 0.00917. The number of nitrogens with two attached hydrogens (primary N) is 1. The van der Waals surface area contributed by atoms with Gasteiger partial charge < -0.3 is 20.5 Å². The average molecular weight is 233 g/mol. The lowest BCUT2D eigenvalue weighted by molar-refractivity contribution is 0.0727. The summed E-state index contributed by atoms with van der Waals surface area (Å²) in [5.74, 6) is 0. The van der Waals surface area contributed by atoms with E-state index in [2.05, 4.69) is 6.07 Å². The Labute approximate surface area is 100 Å². The summed E-state index contributed by atoms with van der Waals surface area (Å²) in [5.41, 5.74) is 7.57. The maximum atomic E-state index is 9.31. The van der Waals surface area contributed by atoms with Gasteiger partial charge in [-0.2, -0.15) is 5.26 Å². The van der Waals surface area contributed by atoms with Crippen molar-refractivity contribution in [1.29, 1.82) is 5.26 Å².